The van der Waals surface area contributed by atoms with E-state index < -0.39 is 17.1 Å². The van der Waals surface area contributed by atoms with Crippen molar-refractivity contribution in [3.05, 3.63) is 70.3 Å². The summed E-state index contributed by atoms with van der Waals surface area (Å²) in [5.41, 5.74) is 6.46. The first-order valence-electron chi connectivity index (χ1n) is 12.7. The zero-order valence-corrected chi connectivity index (χ0v) is 25.6. The minimum Gasteiger partial charge on any atom is -0.409 e. The largest absolute Gasteiger partial charge is 0.409 e. The van der Waals surface area contributed by atoms with Crippen LogP contribution in [0.25, 0.3) is 0 Å². The van der Waals surface area contributed by atoms with Crippen LogP contribution in [0.1, 0.15) is 40.2 Å². The van der Waals surface area contributed by atoms with Crippen molar-refractivity contribution in [3.63, 3.8) is 0 Å². The molecule has 10 nitrogen and oxygen atoms in total. The highest BCUT2D eigenvalue weighted by molar-refractivity contribution is 7.92. The molecule has 0 bridgehead atoms. The van der Waals surface area contributed by atoms with Crippen LogP contribution in [0, 0.1) is 22.0 Å². The third-order valence-electron chi connectivity index (χ3n) is 4.96. The summed E-state index contributed by atoms with van der Waals surface area (Å²) in [6, 6.07) is 14.9. The number of amides is 1. The molecule has 0 saturated carbocycles. The fourth-order valence-electron chi connectivity index (χ4n) is 3.25. The van der Waals surface area contributed by atoms with Gasteiger partial charge in [0, 0.05) is 32.3 Å². The lowest BCUT2D eigenvalue weighted by Gasteiger charge is -2.35. The minimum absolute atomic E-state index is 0. The standard InChI is InChI=1S/C23H33N5O5S.C4H10.H2S/c1-17(2)15-27(26(3)34-33-20-11-9-19(10-12-20)28(31)32)16-22(29)21(25-23(30)14-24)13-18-7-5-4-6-8-18;1-4(2)3;/h4-12,17,21-22,29H,13-16,24H2,1-3H3,(H,25,30);4H,1-3H3;1H2. The number of nitro benzene ring substituents is 1. The number of nitrogens with two attached hydrogens (primary N) is 1. The van der Waals surface area contributed by atoms with Crippen LogP contribution in [0.2, 0.25) is 0 Å². The Kier molecular flexibility index (Phi) is 18.5. The smallest absolute Gasteiger partial charge is 0.269 e. The van der Waals surface area contributed by atoms with Crippen molar-refractivity contribution >= 4 is 37.3 Å². The molecule has 0 aliphatic heterocycles. The Hall–Kier alpha value is -2.35. The number of non-ortho nitro benzene ring substituents is 1. The number of hydrogen-bond donors (Lipinski definition) is 3. The molecule has 0 saturated heterocycles. The zero-order chi connectivity index (χ0) is 28.7. The van der Waals surface area contributed by atoms with E-state index in [1.165, 1.54) is 24.3 Å². The van der Waals surface area contributed by atoms with Crippen molar-refractivity contribution in [2.75, 3.05) is 26.7 Å². The fourth-order valence-corrected chi connectivity index (χ4v) is 3.79. The van der Waals surface area contributed by atoms with Crippen LogP contribution in [0.5, 0.6) is 5.75 Å². The van der Waals surface area contributed by atoms with Gasteiger partial charge in [-0.3, -0.25) is 14.9 Å². The zero-order valence-electron chi connectivity index (χ0n) is 23.7. The number of carbonyl (C=O) groups excluding carboxylic acids is 1. The maximum Gasteiger partial charge on any atom is 0.269 e. The van der Waals surface area contributed by atoms with Crippen LogP contribution >= 0.6 is 25.7 Å². The quantitative estimate of drug-likeness (QED) is 0.130. The Morgan fingerprint density at radius 3 is 2.13 bits per heavy atom. The van der Waals surface area contributed by atoms with E-state index in [0.717, 1.165) is 23.7 Å². The molecule has 2 aromatic rings. The number of hydrogen-bond acceptors (Lipinski definition) is 9. The van der Waals surface area contributed by atoms with Gasteiger partial charge >= 0.3 is 0 Å². The van der Waals surface area contributed by atoms with Gasteiger partial charge in [0.1, 0.15) is 5.75 Å². The molecule has 12 heteroatoms. The van der Waals surface area contributed by atoms with Gasteiger partial charge in [0.15, 0.2) is 12.2 Å². The van der Waals surface area contributed by atoms with E-state index in [4.69, 9.17) is 9.92 Å². The summed E-state index contributed by atoms with van der Waals surface area (Å²) in [5, 5.41) is 26.7. The molecule has 0 aliphatic rings. The molecule has 0 radical (unpaired) electrons. The molecule has 2 atom stereocenters. The van der Waals surface area contributed by atoms with Gasteiger partial charge < -0.3 is 20.3 Å². The molecule has 1 amide bonds. The van der Waals surface area contributed by atoms with Crippen LogP contribution in [0.15, 0.2) is 54.6 Å². The number of nitro groups is 1. The first kappa shape index (κ1) is 36.6. The number of nitrogens with zero attached hydrogens (tertiary/aromatic N) is 3. The summed E-state index contributed by atoms with van der Waals surface area (Å²) in [7, 11) is 1.80. The summed E-state index contributed by atoms with van der Waals surface area (Å²) in [4.78, 5) is 22.4. The van der Waals surface area contributed by atoms with E-state index in [1.54, 1.807) is 11.5 Å². The molecule has 0 aromatic heterocycles. The Labute approximate surface area is 244 Å². The Morgan fingerprint density at radius 2 is 1.64 bits per heavy atom. The molecule has 0 aliphatic carbocycles. The SMILES string of the molecule is CC(C)C.CC(C)CN(CC(O)C(Cc1ccccc1)NC(=O)CN)N(C)SOc1ccc([N+](=O)[O-])cc1.S. The van der Waals surface area contributed by atoms with E-state index >= 15 is 0 Å². The third kappa shape index (κ3) is 15.7. The van der Waals surface area contributed by atoms with E-state index in [-0.39, 0.29) is 38.2 Å². The third-order valence-corrected chi connectivity index (χ3v) is 5.67. The highest BCUT2D eigenvalue weighted by Crippen LogP contribution is 2.23. The highest BCUT2D eigenvalue weighted by atomic mass is 32.2. The van der Waals surface area contributed by atoms with Crippen molar-refractivity contribution < 1.29 is 19.0 Å². The number of nitrogens with one attached hydrogen (secondary N) is 1. The highest BCUT2D eigenvalue weighted by Gasteiger charge is 2.26. The number of benzene rings is 2. The van der Waals surface area contributed by atoms with Gasteiger partial charge in [-0.2, -0.15) is 17.9 Å². The van der Waals surface area contributed by atoms with Crippen LogP contribution < -0.4 is 15.2 Å². The second-order valence-corrected chi connectivity index (χ2v) is 10.8. The number of rotatable bonds is 14. The van der Waals surface area contributed by atoms with Crippen LogP contribution in [0.3, 0.4) is 0 Å². The first-order valence-corrected chi connectivity index (χ1v) is 13.4. The Morgan fingerprint density at radius 1 is 1.08 bits per heavy atom. The normalized spacial score (nSPS) is 12.4. The Bertz CT molecular complexity index is 949. The van der Waals surface area contributed by atoms with E-state index in [1.807, 2.05) is 35.3 Å². The molecule has 0 spiro atoms. The number of hydrazine groups is 1. The molecule has 2 aromatic carbocycles. The molecule has 4 N–H and O–H groups in total. The van der Waals surface area contributed by atoms with E-state index in [2.05, 4.69) is 39.9 Å². The van der Waals surface area contributed by atoms with Gasteiger partial charge in [-0.15, -0.1) is 0 Å². The number of carbonyl (C=O) groups is 1. The second-order valence-electron chi connectivity index (χ2n) is 10.0. The van der Waals surface area contributed by atoms with Gasteiger partial charge in [-0.05, 0) is 36.0 Å². The average Bonchev–Trinajstić information content (AvgIpc) is 2.86. The molecular formula is C27H45N5O5S2. The van der Waals surface area contributed by atoms with Gasteiger partial charge in [-0.1, -0.05) is 65.0 Å². The molecule has 0 heterocycles. The summed E-state index contributed by atoms with van der Waals surface area (Å²) in [6.45, 7) is 11.3. The average molecular weight is 584 g/mol. The predicted octanol–water partition coefficient (Wildman–Crippen LogP) is 4.16. The summed E-state index contributed by atoms with van der Waals surface area (Å²) in [5.74, 6) is 1.25. The lowest BCUT2D eigenvalue weighted by molar-refractivity contribution is -0.384. The first-order chi connectivity index (χ1) is 17.9. The Balaban J connectivity index is 0.00000269. The topological polar surface area (TPSA) is 134 Å². The number of aliphatic hydroxyl groups excluding tert-OH is 1. The van der Waals surface area contributed by atoms with Gasteiger partial charge in [-0.25, -0.2) is 5.01 Å². The maximum atomic E-state index is 12.0. The predicted molar refractivity (Wildman–Crippen MR) is 164 cm³/mol. The number of aliphatic hydroxyl groups is 1. The summed E-state index contributed by atoms with van der Waals surface area (Å²) >= 11 is 1.04. The summed E-state index contributed by atoms with van der Waals surface area (Å²) in [6.07, 6.45) is -0.420. The lowest BCUT2D eigenvalue weighted by atomic mass is 10.0. The molecular weight excluding hydrogens is 538 g/mol. The van der Waals surface area contributed by atoms with Gasteiger partial charge in [0.2, 0.25) is 5.91 Å². The molecule has 2 rings (SSSR count). The van der Waals surface area contributed by atoms with Gasteiger partial charge in [0.05, 0.1) is 23.6 Å². The summed E-state index contributed by atoms with van der Waals surface area (Å²) < 4.78 is 7.45. The molecule has 220 valence electrons. The van der Waals surface area contributed by atoms with Crippen molar-refractivity contribution in [1.29, 1.82) is 0 Å². The van der Waals surface area contributed by atoms with Crippen molar-refractivity contribution in [2.24, 2.45) is 17.6 Å². The van der Waals surface area contributed by atoms with E-state index in [0.29, 0.717) is 24.6 Å². The molecule has 0 fully saturated rings. The van der Waals surface area contributed by atoms with Crippen molar-refractivity contribution in [2.45, 2.75) is 53.2 Å². The van der Waals surface area contributed by atoms with Crippen LogP contribution in [-0.4, -0.2) is 64.2 Å². The van der Waals surface area contributed by atoms with Crippen LogP contribution in [0.4, 0.5) is 5.69 Å². The van der Waals surface area contributed by atoms with E-state index in [9.17, 15) is 20.0 Å². The van der Waals surface area contributed by atoms with Crippen LogP contribution in [-0.2, 0) is 11.2 Å². The van der Waals surface area contributed by atoms with Crippen molar-refractivity contribution in [1.82, 2.24) is 14.7 Å². The maximum absolute atomic E-state index is 12.0. The lowest BCUT2D eigenvalue weighted by Crippen LogP contribution is -2.53. The molecule has 39 heavy (non-hydrogen) atoms. The van der Waals surface area contributed by atoms with Crippen molar-refractivity contribution in [3.8, 4) is 5.75 Å². The monoisotopic (exact) mass is 583 g/mol. The minimum atomic E-state index is -0.878. The molecule has 2 unspecified atom stereocenters. The van der Waals surface area contributed by atoms with Gasteiger partial charge in [0.25, 0.3) is 5.69 Å². The fraction of sp³-hybridized carbons (Fsp3) is 0.519. The second kappa shape index (κ2) is 19.7.